The summed E-state index contributed by atoms with van der Waals surface area (Å²) in [4.78, 5) is 14.1. The number of fused-ring (bicyclic) bond motifs is 1. The summed E-state index contributed by atoms with van der Waals surface area (Å²) in [5, 5.41) is 11.0. The Hall–Kier alpha value is -2.83. The molecule has 6 nitrogen and oxygen atoms in total. The minimum absolute atomic E-state index is 0.389. The molecule has 3 aromatic rings. The highest BCUT2D eigenvalue weighted by atomic mass is 16.5. The molecule has 1 unspecified atom stereocenters. The molecule has 1 saturated heterocycles. The van der Waals surface area contributed by atoms with E-state index >= 15 is 0 Å². The number of nitrogens with two attached hydrogens (primary N) is 1. The topological polar surface area (TPSA) is 80.7 Å². The van der Waals surface area contributed by atoms with Crippen LogP contribution in [0.2, 0.25) is 0 Å². The van der Waals surface area contributed by atoms with Crippen molar-refractivity contribution in [2.75, 3.05) is 26.7 Å². The molecule has 1 aliphatic rings. The highest BCUT2D eigenvalue weighted by Crippen LogP contribution is 2.29. The van der Waals surface area contributed by atoms with Crippen molar-refractivity contribution in [1.29, 1.82) is 0 Å². The van der Waals surface area contributed by atoms with Crippen LogP contribution in [0.15, 0.2) is 48.7 Å². The van der Waals surface area contributed by atoms with E-state index < -0.39 is 6.10 Å². The van der Waals surface area contributed by atoms with Crippen molar-refractivity contribution in [2.45, 2.75) is 38.3 Å². The zero-order chi connectivity index (χ0) is 22.0. The largest absolute Gasteiger partial charge is 0.496 e. The molecule has 0 spiro atoms. The molecule has 0 radical (unpaired) electrons. The Labute approximate surface area is 183 Å². The average Bonchev–Trinajstić information content (AvgIpc) is 3.21. The molecule has 4 rings (SSSR count). The van der Waals surface area contributed by atoms with Gasteiger partial charge >= 0.3 is 0 Å². The van der Waals surface area contributed by atoms with Crippen molar-refractivity contribution in [3.8, 4) is 5.75 Å². The number of methoxy groups -OCH3 is 1. The van der Waals surface area contributed by atoms with Gasteiger partial charge in [0.25, 0.3) is 0 Å². The number of carbonyl (C=O) groups excluding carboxylic acids is 1. The van der Waals surface area contributed by atoms with Crippen LogP contribution in [0.4, 0.5) is 0 Å². The van der Waals surface area contributed by atoms with Crippen LogP contribution in [-0.4, -0.2) is 47.2 Å². The molecule has 3 N–H and O–H groups in total. The maximum absolute atomic E-state index is 11.6. The summed E-state index contributed by atoms with van der Waals surface area (Å²) in [6.45, 7) is 4.80. The van der Waals surface area contributed by atoms with E-state index in [0.29, 0.717) is 11.6 Å². The number of aromatic nitrogens is 1. The van der Waals surface area contributed by atoms with E-state index in [2.05, 4.69) is 27.8 Å². The van der Waals surface area contributed by atoms with Crippen LogP contribution >= 0.6 is 0 Å². The van der Waals surface area contributed by atoms with Gasteiger partial charge in [-0.3, -0.25) is 4.79 Å². The first-order valence-corrected chi connectivity index (χ1v) is 10.9. The SMILES string of the molecule is COc1ccc(C(C)O)cc1CCN1CCC(n2ccc3ccc(C(N)=O)cc32)CC1. The van der Waals surface area contributed by atoms with Crippen molar-refractivity contribution in [3.05, 3.63) is 65.4 Å². The smallest absolute Gasteiger partial charge is 0.248 e. The fourth-order valence-corrected chi connectivity index (χ4v) is 4.57. The Morgan fingerprint density at radius 1 is 1.19 bits per heavy atom. The van der Waals surface area contributed by atoms with Crippen LogP contribution in [-0.2, 0) is 6.42 Å². The summed E-state index contributed by atoms with van der Waals surface area (Å²) in [5.74, 6) is 0.489. The third-order valence-corrected chi connectivity index (χ3v) is 6.44. The molecule has 0 aliphatic carbocycles. The van der Waals surface area contributed by atoms with Gasteiger partial charge in [0.15, 0.2) is 0 Å². The number of rotatable bonds is 7. The summed E-state index contributed by atoms with van der Waals surface area (Å²) >= 11 is 0. The molecule has 0 bridgehead atoms. The van der Waals surface area contributed by atoms with E-state index in [9.17, 15) is 9.90 Å². The maximum atomic E-state index is 11.6. The second-order valence-corrected chi connectivity index (χ2v) is 8.43. The van der Waals surface area contributed by atoms with Gasteiger partial charge in [0.05, 0.1) is 13.2 Å². The van der Waals surface area contributed by atoms with Crippen molar-refractivity contribution in [3.63, 3.8) is 0 Å². The standard InChI is InChI=1S/C25H31N3O3/c1-17(29)19-5-6-24(31-2)20(15-19)7-11-27-12-9-22(10-13-27)28-14-8-18-3-4-21(25(26)30)16-23(18)28/h3-6,8,14-17,22,29H,7,9-13H2,1-2H3,(H2,26,30). The number of nitrogens with zero attached hydrogens (tertiary/aromatic N) is 2. The first kappa shape index (κ1) is 21.4. The summed E-state index contributed by atoms with van der Waals surface area (Å²) in [6, 6.07) is 14.1. The second kappa shape index (κ2) is 9.12. The molecule has 164 valence electrons. The predicted octanol–water partition coefficient (Wildman–Crippen LogP) is 3.68. The molecule has 0 saturated carbocycles. The lowest BCUT2D eigenvalue weighted by atomic mass is 10.0. The van der Waals surface area contributed by atoms with E-state index in [4.69, 9.17) is 10.5 Å². The molecule has 31 heavy (non-hydrogen) atoms. The van der Waals surface area contributed by atoms with Crippen molar-refractivity contribution >= 4 is 16.8 Å². The van der Waals surface area contributed by atoms with E-state index in [1.165, 1.54) is 0 Å². The monoisotopic (exact) mass is 421 g/mol. The van der Waals surface area contributed by atoms with Crippen LogP contribution in [0.1, 0.15) is 53.4 Å². The lowest BCUT2D eigenvalue weighted by Crippen LogP contribution is -2.35. The summed E-state index contributed by atoms with van der Waals surface area (Å²) in [7, 11) is 1.69. The van der Waals surface area contributed by atoms with Crippen LogP contribution in [0.25, 0.3) is 10.9 Å². The molecule has 1 atom stereocenters. The highest BCUT2D eigenvalue weighted by Gasteiger charge is 2.22. The molecule has 2 heterocycles. The van der Waals surface area contributed by atoms with Gasteiger partial charge in [-0.15, -0.1) is 0 Å². The summed E-state index contributed by atoms with van der Waals surface area (Å²) in [5.41, 5.74) is 9.16. The third-order valence-electron chi connectivity index (χ3n) is 6.44. The van der Waals surface area contributed by atoms with E-state index in [-0.39, 0.29) is 5.91 Å². The molecule has 1 amide bonds. The van der Waals surface area contributed by atoms with Gasteiger partial charge in [-0.05, 0) is 73.0 Å². The first-order chi connectivity index (χ1) is 15.0. The zero-order valence-electron chi connectivity index (χ0n) is 18.3. The number of amides is 1. The number of aliphatic hydroxyl groups excluding tert-OH is 1. The number of hydrogen-bond donors (Lipinski definition) is 2. The molecular formula is C25H31N3O3. The normalized spacial score (nSPS) is 16.5. The minimum Gasteiger partial charge on any atom is -0.496 e. The average molecular weight is 422 g/mol. The Morgan fingerprint density at radius 3 is 2.65 bits per heavy atom. The Morgan fingerprint density at radius 2 is 1.97 bits per heavy atom. The first-order valence-electron chi connectivity index (χ1n) is 10.9. The number of aliphatic hydroxyl groups is 1. The summed E-state index contributed by atoms with van der Waals surface area (Å²) in [6.07, 6.45) is 4.67. The zero-order valence-corrected chi connectivity index (χ0v) is 18.3. The number of likely N-dealkylation sites (tertiary alicyclic amines) is 1. The Balaban J connectivity index is 1.40. The fraction of sp³-hybridized carbons (Fsp3) is 0.400. The van der Waals surface area contributed by atoms with Gasteiger partial charge in [0.1, 0.15) is 5.75 Å². The van der Waals surface area contributed by atoms with Crippen molar-refractivity contribution < 1.29 is 14.6 Å². The number of primary amides is 1. The van der Waals surface area contributed by atoms with Gasteiger partial charge < -0.3 is 25.0 Å². The van der Waals surface area contributed by atoms with Gasteiger partial charge in [-0.1, -0.05) is 12.1 Å². The van der Waals surface area contributed by atoms with Gasteiger partial charge in [-0.2, -0.15) is 0 Å². The Bertz CT molecular complexity index is 1070. The number of piperidine rings is 1. The quantitative estimate of drug-likeness (QED) is 0.610. The van der Waals surface area contributed by atoms with E-state index in [0.717, 1.165) is 66.7 Å². The van der Waals surface area contributed by atoms with Gasteiger partial charge in [-0.25, -0.2) is 0 Å². The molecular weight excluding hydrogens is 390 g/mol. The highest BCUT2D eigenvalue weighted by molar-refractivity contribution is 5.97. The number of hydrogen-bond acceptors (Lipinski definition) is 4. The van der Waals surface area contributed by atoms with Crippen molar-refractivity contribution in [2.24, 2.45) is 5.73 Å². The lowest BCUT2D eigenvalue weighted by Gasteiger charge is -2.33. The number of ether oxygens (including phenoxy) is 1. The lowest BCUT2D eigenvalue weighted by molar-refractivity contribution is 0.100. The van der Waals surface area contributed by atoms with E-state index in [1.807, 2.05) is 24.3 Å². The molecule has 1 aromatic heterocycles. The molecule has 6 heteroatoms. The van der Waals surface area contributed by atoms with Crippen LogP contribution in [0, 0.1) is 0 Å². The third kappa shape index (κ3) is 4.60. The number of carbonyl (C=O) groups is 1. The van der Waals surface area contributed by atoms with Crippen molar-refractivity contribution in [1.82, 2.24) is 9.47 Å². The summed E-state index contributed by atoms with van der Waals surface area (Å²) < 4.78 is 7.82. The van der Waals surface area contributed by atoms with Crippen LogP contribution in [0.3, 0.4) is 0 Å². The molecule has 1 aliphatic heterocycles. The fourth-order valence-electron chi connectivity index (χ4n) is 4.57. The van der Waals surface area contributed by atoms with Gasteiger partial charge in [0.2, 0.25) is 5.91 Å². The minimum atomic E-state index is -0.480. The van der Waals surface area contributed by atoms with Crippen LogP contribution in [0.5, 0.6) is 5.75 Å². The van der Waals surface area contributed by atoms with Gasteiger partial charge in [0, 0.05) is 43.0 Å². The maximum Gasteiger partial charge on any atom is 0.248 e. The van der Waals surface area contributed by atoms with Crippen LogP contribution < -0.4 is 10.5 Å². The van der Waals surface area contributed by atoms with E-state index in [1.54, 1.807) is 20.1 Å². The predicted molar refractivity (Wildman–Crippen MR) is 122 cm³/mol. The number of benzene rings is 2. The molecule has 1 fully saturated rings. The molecule has 2 aromatic carbocycles. The second-order valence-electron chi connectivity index (χ2n) is 8.43. The Kier molecular flexibility index (Phi) is 6.30.